The molecule has 2 aliphatic rings. The van der Waals surface area contributed by atoms with E-state index in [-0.39, 0.29) is 0 Å². The molecule has 0 fully saturated rings. The molecule has 0 saturated heterocycles. The summed E-state index contributed by atoms with van der Waals surface area (Å²) in [5, 5.41) is 3.45. The van der Waals surface area contributed by atoms with E-state index >= 15 is 0 Å². The summed E-state index contributed by atoms with van der Waals surface area (Å²) in [4.78, 5) is 0. The predicted octanol–water partition coefficient (Wildman–Crippen LogP) is 1.47. The predicted molar refractivity (Wildman–Crippen MR) is 54.0 cm³/mol. The minimum Gasteiger partial charge on any atom is -0.384 e. The maximum Gasteiger partial charge on any atom is 0.0379 e. The van der Waals surface area contributed by atoms with Crippen molar-refractivity contribution >= 4 is 5.69 Å². The Kier molecular flexibility index (Phi) is 1.41. The lowest BCUT2D eigenvalue weighted by molar-refractivity contribution is 0.515. The molecule has 0 aromatic heterocycles. The zero-order valence-corrected chi connectivity index (χ0v) is 7.59. The van der Waals surface area contributed by atoms with E-state index in [4.69, 9.17) is 5.73 Å². The molecular formula is C11H14N2. The van der Waals surface area contributed by atoms with E-state index in [0.717, 1.165) is 19.4 Å². The van der Waals surface area contributed by atoms with Crippen LogP contribution in [0.5, 0.6) is 0 Å². The van der Waals surface area contributed by atoms with Crippen molar-refractivity contribution in [1.29, 1.82) is 0 Å². The molecule has 13 heavy (non-hydrogen) atoms. The van der Waals surface area contributed by atoms with Gasteiger partial charge in [0.15, 0.2) is 0 Å². The lowest BCUT2D eigenvalue weighted by atomic mass is 9.82. The number of anilines is 1. The summed E-state index contributed by atoms with van der Waals surface area (Å²) in [6.45, 7) is 1.08. The molecule has 1 aliphatic heterocycles. The molecule has 0 saturated carbocycles. The Bertz CT molecular complexity index is 346. The summed E-state index contributed by atoms with van der Waals surface area (Å²) in [5.74, 6) is 0.676. The molecule has 0 amide bonds. The molecule has 1 aliphatic carbocycles. The first-order valence-corrected chi connectivity index (χ1v) is 4.96. The molecule has 0 bridgehead atoms. The summed E-state index contributed by atoms with van der Waals surface area (Å²) >= 11 is 0. The van der Waals surface area contributed by atoms with E-state index in [9.17, 15) is 0 Å². The second-order valence-electron chi connectivity index (χ2n) is 4.16. The van der Waals surface area contributed by atoms with Gasteiger partial charge in [0.25, 0.3) is 0 Å². The third-order valence-electron chi connectivity index (χ3n) is 3.21. The quantitative estimate of drug-likeness (QED) is 0.625. The van der Waals surface area contributed by atoms with Gasteiger partial charge < -0.3 is 11.1 Å². The van der Waals surface area contributed by atoms with Gasteiger partial charge in [0, 0.05) is 24.2 Å². The second kappa shape index (κ2) is 2.48. The first-order chi connectivity index (χ1) is 6.34. The van der Waals surface area contributed by atoms with E-state index in [0.29, 0.717) is 12.0 Å². The Morgan fingerprint density at radius 3 is 3.23 bits per heavy atom. The van der Waals surface area contributed by atoms with Gasteiger partial charge in [-0.15, -0.1) is 0 Å². The van der Waals surface area contributed by atoms with Gasteiger partial charge in [-0.05, 0) is 30.0 Å². The van der Waals surface area contributed by atoms with E-state index in [1.165, 1.54) is 11.3 Å². The Labute approximate surface area is 78.1 Å². The number of nitrogens with two attached hydrogens (primary N) is 1. The molecule has 2 unspecified atom stereocenters. The van der Waals surface area contributed by atoms with Crippen molar-refractivity contribution in [2.75, 3.05) is 11.9 Å². The topological polar surface area (TPSA) is 38.0 Å². The Balaban J connectivity index is 2.16. The van der Waals surface area contributed by atoms with Crippen molar-refractivity contribution in [1.82, 2.24) is 0 Å². The fraction of sp³-hybridized carbons (Fsp3) is 0.455. The maximum absolute atomic E-state index is 6.01. The van der Waals surface area contributed by atoms with Gasteiger partial charge in [-0.25, -0.2) is 0 Å². The number of rotatable bonds is 0. The SMILES string of the molecule is NC1Cc2cccc3c2C(CN3)C1. The molecule has 0 spiro atoms. The zero-order chi connectivity index (χ0) is 8.84. The fourth-order valence-electron chi connectivity index (χ4n) is 2.69. The third kappa shape index (κ3) is 0.985. The van der Waals surface area contributed by atoms with E-state index in [1.54, 1.807) is 5.56 Å². The van der Waals surface area contributed by atoms with Crippen molar-refractivity contribution < 1.29 is 0 Å². The lowest BCUT2D eigenvalue weighted by Crippen LogP contribution is -2.30. The Hall–Kier alpha value is -1.02. The highest BCUT2D eigenvalue weighted by molar-refractivity contribution is 5.62. The van der Waals surface area contributed by atoms with Crippen molar-refractivity contribution in [2.45, 2.75) is 24.8 Å². The smallest absolute Gasteiger partial charge is 0.0379 e. The van der Waals surface area contributed by atoms with Crippen molar-refractivity contribution in [2.24, 2.45) is 5.73 Å². The van der Waals surface area contributed by atoms with Crippen LogP contribution >= 0.6 is 0 Å². The van der Waals surface area contributed by atoms with Crippen molar-refractivity contribution in [3.63, 3.8) is 0 Å². The number of hydrogen-bond acceptors (Lipinski definition) is 2. The van der Waals surface area contributed by atoms with Gasteiger partial charge in [-0.2, -0.15) is 0 Å². The Morgan fingerprint density at radius 2 is 2.31 bits per heavy atom. The van der Waals surface area contributed by atoms with Crippen LogP contribution in [0.3, 0.4) is 0 Å². The number of nitrogens with one attached hydrogen (secondary N) is 1. The summed E-state index contributed by atoms with van der Waals surface area (Å²) in [5.41, 5.74) is 10.4. The first kappa shape index (κ1) is 7.39. The number of hydrogen-bond donors (Lipinski definition) is 2. The molecule has 2 heteroatoms. The van der Waals surface area contributed by atoms with Gasteiger partial charge in [0.05, 0.1) is 0 Å². The molecular weight excluding hydrogens is 160 g/mol. The highest BCUT2D eigenvalue weighted by Gasteiger charge is 2.30. The summed E-state index contributed by atoms with van der Waals surface area (Å²) in [6, 6.07) is 6.89. The average molecular weight is 174 g/mol. The van der Waals surface area contributed by atoms with E-state index in [1.807, 2.05) is 0 Å². The molecule has 68 valence electrons. The van der Waals surface area contributed by atoms with Crippen LogP contribution in [-0.2, 0) is 6.42 Å². The fourth-order valence-corrected chi connectivity index (χ4v) is 2.69. The number of benzene rings is 1. The molecule has 1 heterocycles. The van der Waals surface area contributed by atoms with Crippen LogP contribution in [0.25, 0.3) is 0 Å². The van der Waals surface area contributed by atoms with Crippen LogP contribution in [0.15, 0.2) is 18.2 Å². The molecule has 3 rings (SSSR count). The Morgan fingerprint density at radius 1 is 1.38 bits per heavy atom. The van der Waals surface area contributed by atoms with Crippen molar-refractivity contribution in [3.8, 4) is 0 Å². The van der Waals surface area contributed by atoms with Crippen molar-refractivity contribution in [3.05, 3.63) is 29.3 Å². The zero-order valence-electron chi connectivity index (χ0n) is 7.59. The molecule has 1 aromatic rings. The van der Waals surface area contributed by atoms with Crippen LogP contribution in [0.2, 0.25) is 0 Å². The monoisotopic (exact) mass is 174 g/mol. The summed E-state index contributed by atoms with van der Waals surface area (Å²) in [7, 11) is 0. The van der Waals surface area contributed by atoms with Gasteiger partial charge in [-0.1, -0.05) is 12.1 Å². The van der Waals surface area contributed by atoms with E-state index in [2.05, 4.69) is 23.5 Å². The molecule has 3 N–H and O–H groups in total. The first-order valence-electron chi connectivity index (χ1n) is 4.96. The normalized spacial score (nSPS) is 29.6. The maximum atomic E-state index is 6.01. The summed E-state index contributed by atoms with van der Waals surface area (Å²) < 4.78 is 0. The lowest BCUT2D eigenvalue weighted by Gasteiger charge is -2.25. The van der Waals surface area contributed by atoms with Gasteiger partial charge in [-0.3, -0.25) is 0 Å². The van der Waals surface area contributed by atoms with Gasteiger partial charge in [0.1, 0.15) is 0 Å². The third-order valence-corrected chi connectivity index (χ3v) is 3.21. The summed E-state index contributed by atoms with van der Waals surface area (Å²) in [6.07, 6.45) is 2.21. The van der Waals surface area contributed by atoms with Gasteiger partial charge in [0.2, 0.25) is 0 Å². The average Bonchev–Trinajstić information content (AvgIpc) is 2.50. The highest BCUT2D eigenvalue weighted by Crippen LogP contribution is 2.40. The highest BCUT2D eigenvalue weighted by atomic mass is 14.9. The second-order valence-corrected chi connectivity index (χ2v) is 4.16. The molecule has 2 atom stereocenters. The van der Waals surface area contributed by atoms with Crippen LogP contribution in [-0.4, -0.2) is 12.6 Å². The minimum atomic E-state index is 0.368. The van der Waals surface area contributed by atoms with Crippen LogP contribution in [0.4, 0.5) is 5.69 Å². The molecule has 1 aromatic carbocycles. The standard InChI is InChI=1S/C11H14N2/c12-9-4-7-2-1-3-10-11(7)8(5-9)6-13-10/h1-3,8-9,13H,4-6,12H2. The largest absolute Gasteiger partial charge is 0.384 e. The van der Waals surface area contributed by atoms with Crippen LogP contribution < -0.4 is 11.1 Å². The van der Waals surface area contributed by atoms with Gasteiger partial charge >= 0.3 is 0 Å². The molecule has 2 nitrogen and oxygen atoms in total. The van der Waals surface area contributed by atoms with E-state index < -0.39 is 0 Å². The van der Waals surface area contributed by atoms with Crippen LogP contribution in [0, 0.1) is 0 Å². The minimum absolute atomic E-state index is 0.368. The van der Waals surface area contributed by atoms with Crippen LogP contribution in [0.1, 0.15) is 23.5 Å². The molecule has 0 radical (unpaired) electrons.